The molecule has 41 heavy (non-hydrogen) atoms. The number of hydrogen-bond donors (Lipinski definition) is 2. The third kappa shape index (κ3) is 6.39. The fourth-order valence-corrected chi connectivity index (χ4v) is 5.20. The summed E-state index contributed by atoms with van der Waals surface area (Å²) in [6, 6.07) is 11.2. The SMILES string of the molecule is COc1ccc(OP(=O)(OCC2(C(F)F)OC(n3cc(Cl)c(N)nc3=O)C(O)C2F)Oc2ccc(OC)cc2)cc1. The highest BCUT2D eigenvalue weighted by Gasteiger charge is 2.63. The second-order valence-electron chi connectivity index (χ2n) is 8.57. The Bertz CT molecular complexity index is 1410. The Balaban J connectivity index is 1.65. The maximum absolute atomic E-state index is 15.4. The van der Waals surface area contributed by atoms with Gasteiger partial charge in [0.2, 0.25) is 0 Å². The minimum atomic E-state index is -4.87. The summed E-state index contributed by atoms with van der Waals surface area (Å²) < 4.78 is 89.9. The van der Waals surface area contributed by atoms with Gasteiger partial charge >= 0.3 is 13.5 Å². The number of nitrogen functional groups attached to an aromatic ring is 1. The van der Waals surface area contributed by atoms with Crippen molar-refractivity contribution < 1.29 is 50.6 Å². The Kier molecular flexibility index (Phi) is 9.04. The number of aliphatic hydroxyl groups is 1. The van der Waals surface area contributed by atoms with Crippen LogP contribution in [-0.2, 0) is 13.8 Å². The Hall–Kier alpha value is -3.49. The van der Waals surface area contributed by atoms with Crippen LogP contribution in [0.4, 0.5) is 19.0 Å². The number of phosphoric ester groups is 1. The van der Waals surface area contributed by atoms with Gasteiger partial charge in [0.25, 0.3) is 6.43 Å². The molecule has 12 nitrogen and oxygen atoms in total. The third-order valence-corrected chi connectivity index (χ3v) is 7.58. The van der Waals surface area contributed by atoms with Gasteiger partial charge in [-0.2, -0.15) is 4.98 Å². The van der Waals surface area contributed by atoms with Crippen LogP contribution in [-0.4, -0.2) is 59.8 Å². The number of alkyl halides is 3. The van der Waals surface area contributed by atoms with Crippen molar-refractivity contribution in [1.82, 2.24) is 9.55 Å². The summed E-state index contributed by atoms with van der Waals surface area (Å²) in [7, 11) is -2.04. The number of anilines is 1. The molecule has 1 aliphatic rings. The second kappa shape index (κ2) is 12.2. The van der Waals surface area contributed by atoms with Crippen LogP contribution in [0.5, 0.6) is 23.0 Å². The Labute approximate surface area is 235 Å². The first kappa shape index (κ1) is 30.5. The van der Waals surface area contributed by atoms with Crippen LogP contribution in [0.15, 0.2) is 59.5 Å². The van der Waals surface area contributed by atoms with E-state index in [1.54, 1.807) is 0 Å². The van der Waals surface area contributed by atoms with Crippen LogP contribution in [0.3, 0.4) is 0 Å². The van der Waals surface area contributed by atoms with Gasteiger partial charge in [-0.05, 0) is 48.5 Å². The molecule has 1 fully saturated rings. The lowest BCUT2D eigenvalue weighted by molar-refractivity contribution is -0.184. The molecular formula is C24H24ClF3N3O9P. The normalized spacial score (nSPS) is 22.5. The van der Waals surface area contributed by atoms with Crippen molar-refractivity contribution in [2.45, 2.75) is 30.5 Å². The van der Waals surface area contributed by atoms with E-state index in [9.17, 15) is 23.2 Å². The van der Waals surface area contributed by atoms with Crippen molar-refractivity contribution in [3.05, 3.63) is 70.2 Å². The topological polar surface area (TPSA) is 154 Å². The number of methoxy groups -OCH3 is 2. The minimum absolute atomic E-state index is 0.0788. The molecular weight excluding hydrogens is 598 g/mol. The molecule has 0 bridgehead atoms. The molecule has 2 heterocycles. The fourth-order valence-electron chi connectivity index (χ4n) is 3.79. The van der Waals surface area contributed by atoms with Crippen LogP contribution >= 0.6 is 19.4 Å². The molecule has 4 unspecified atom stereocenters. The number of nitrogens with zero attached hydrogens (tertiary/aromatic N) is 2. The van der Waals surface area contributed by atoms with E-state index in [0.717, 1.165) is 6.20 Å². The van der Waals surface area contributed by atoms with E-state index in [-0.39, 0.29) is 22.3 Å². The van der Waals surface area contributed by atoms with Gasteiger partial charge < -0.3 is 34.1 Å². The van der Waals surface area contributed by atoms with Crippen molar-refractivity contribution in [2.24, 2.45) is 0 Å². The highest BCUT2D eigenvalue weighted by molar-refractivity contribution is 7.49. The molecule has 0 spiro atoms. The molecule has 4 atom stereocenters. The number of benzene rings is 2. The Morgan fingerprint density at radius 3 is 2.02 bits per heavy atom. The maximum atomic E-state index is 15.4. The Morgan fingerprint density at radius 2 is 1.56 bits per heavy atom. The minimum Gasteiger partial charge on any atom is -0.497 e. The maximum Gasteiger partial charge on any atom is 0.587 e. The lowest BCUT2D eigenvalue weighted by Crippen LogP contribution is -2.50. The standard InChI is InChI=1S/C24H24ClF3N3O9P/c1-35-13-3-7-15(8-4-13)39-41(34,40-16-9-5-14(36-2)6-10-16)37-12-24(22(27)28)19(26)18(32)21(38-24)31-11-17(25)20(29)30-23(31)33/h3-11,18-19,21-22,32H,12H2,1-2H3,(H2,29,30,33). The number of aliphatic hydroxyl groups excluding tert-OH is 1. The van der Waals surface area contributed by atoms with Crippen LogP contribution in [0.25, 0.3) is 0 Å². The smallest absolute Gasteiger partial charge is 0.497 e. The van der Waals surface area contributed by atoms with Crippen molar-refractivity contribution >= 4 is 25.2 Å². The summed E-state index contributed by atoms with van der Waals surface area (Å²) in [5, 5.41) is 10.2. The van der Waals surface area contributed by atoms with Crippen molar-refractivity contribution in [2.75, 3.05) is 26.6 Å². The average Bonchev–Trinajstić information content (AvgIpc) is 3.21. The van der Waals surface area contributed by atoms with Gasteiger partial charge in [-0.3, -0.25) is 9.09 Å². The number of aromatic nitrogens is 2. The van der Waals surface area contributed by atoms with Crippen LogP contribution in [0.1, 0.15) is 6.23 Å². The van der Waals surface area contributed by atoms with Gasteiger partial charge in [-0.15, -0.1) is 0 Å². The summed E-state index contributed by atoms with van der Waals surface area (Å²) in [6.07, 6.45) is -10.0. The fraction of sp³-hybridized carbons (Fsp3) is 0.333. The monoisotopic (exact) mass is 621 g/mol. The van der Waals surface area contributed by atoms with Gasteiger partial charge in [0.1, 0.15) is 34.9 Å². The zero-order valence-electron chi connectivity index (χ0n) is 21.4. The molecule has 0 saturated carbocycles. The number of phosphoric acid groups is 1. The third-order valence-electron chi connectivity index (χ3n) is 5.98. The average molecular weight is 622 g/mol. The number of ether oxygens (including phenoxy) is 3. The van der Waals surface area contributed by atoms with E-state index in [1.165, 1.54) is 62.8 Å². The largest absolute Gasteiger partial charge is 0.587 e. The Morgan fingerprint density at radius 1 is 1.07 bits per heavy atom. The molecule has 1 saturated heterocycles. The van der Waals surface area contributed by atoms with Gasteiger partial charge in [-0.25, -0.2) is 22.5 Å². The molecule has 0 amide bonds. The van der Waals surface area contributed by atoms with E-state index in [2.05, 4.69) is 4.98 Å². The van der Waals surface area contributed by atoms with Crippen LogP contribution in [0.2, 0.25) is 5.02 Å². The lowest BCUT2D eigenvalue weighted by Gasteiger charge is -2.30. The first-order valence-corrected chi connectivity index (χ1v) is 13.5. The quantitative estimate of drug-likeness (QED) is 0.299. The number of hydrogen-bond acceptors (Lipinski definition) is 11. The van der Waals surface area contributed by atoms with Crippen molar-refractivity contribution in [3.8, 4) is 23.0 Å². The summed E-state index contributed by atoms with van der Waals surface area (Å²) in [5.74, 6) is 0.309. The van der Waals surface area contributed by atoms with E-state index in [0.29, 0.717) is 16.1 Å². The van der Waals surface area contributed by atoms with Crippen molar-refractivity contribution in [3.63, 3.8) is 0 Å². The predicted octanol–water partition coefficient (Wildman–Crippen LogP) is 4.01. The van der Waals surface area contributed by atoms with Gasteiger partial charge in [0.15, 0.2) is 18.0 Å². The van der Waals surface area contributed by atoms with E-state index >= 15 is 4.39 Å². The highest BCUT2D eigenvalue weighted by Crippen LogP contribution is 2.53. The first-order valence-electron chi connectivity index (χ1n) is 11.7. The molecule has 3 N–H and O–H groups in total. The summed E-state index contributed by atoms with van der Waals surface area (Å²) >= 11 is 5.86. The van der Waals surface area contributed by atoms with Gasteiger partial charge in [0, 0.05) is 6.20 Å². The molecule has 1 aromatic heterocycles. The summed E-state index contributed by atoms with van der Waals surface area (Å²) in [6.45, 7) is -1.45. The van der Waals surface area contributed by atoms with Crippen LogP contribution in [0, 0.1) is 0 Å². The zero-order valence-corrected chi connectivity index (χ0v) is 23.0. The molecule has 17 heteroatoms. The zero-order chi connectivity index (χ0) is 29.9. The van der Waals surface area contributed by atoms with Gasteiger partial charge in [0.05, 0.1) is 25.8 Å². The molecule has 1 aliphatic heterocycles. The predicted molar refractivity (Wildman–Crippen MR) is 138 cm³/mol. The molecule has 2 aromatic carbocycles. The molecule has 0 radical (unpaired) electrons. The molecule has 222 valence electrons. The van der Waals surface area contributed by atoms with E-state index in [1.807, 2.05) is 0 Å². The number of nitrogens with two attached hydrogens (primary N) is 1. The number of rotatable bonds is 11. The molecule has 4 rings (SSSR count). The first-order chi connectivity index (χ1) is 19.4. The highest BCUT2D eigenvalue weighted by atomic mass is 35.5. The van der Waals surface area contributed by atoms with E-state index < -0.39 is 50.6 Å². The van der Waals surface area contributed by atoms with Crippen molar-refractivity contribution in [1.29, 1.82) is 0 Å². The summed E-state index contributed by atoms with van der Waals surface area (Å²) in [4.78, 5) is 15.7. The van der Waals surface area contributed by atoms with E-state index in [4.69, 9.17) is 45.1 Å². The second-order valence-corrected chi connectivity index (χ2v) is 10.5. The van der Waals surface area contributed by atoms with Gasteiger partial charge in [-0.1, -0.05) is 11.6 Å². The lowest BCUT2D eigenvalue weighted by atomic mass is 9.98. The van der Waals surface area contributed by atoms with Crippen LogP contribution < -0.4 is 29.9 Å². The number of halogens is 4. The molecule has 0 aliphatic carbocycles. The molecule has 3 aromatic rings. The summed E-state index contributed by atoms with van der Waals surface area (Å²) in [5.41, 5.74) is 1.06.